The highest BCUT2D eigenvalue weighted by Crippen LogP contribution is 2.21. The Morgan fingerprint density at radius 1 is 1.24 bits per heavy atom. The van der Waals surface area contributed by atoms with Gasteiger partial charge in [-0.3, -0.25) is 0 Å². The van der Waals surface area contributed by atoms with Gasteiger partial charge in [0.1, 0.15) is 15.6 Å². The lowest BCUT2D eigenvalue weighted by atomic mass is 10.1. The van der Waals surface area contributed by atoms with Crippen molar-refractivity contribution >= 4 is 21.6 Å². The molecule has 0 aromatic heterocycles. The summed E-state index contributed by atoms with van der Waals surface area (Å²) in [4.78, 5) is 0. The lowest BCUT2D eigenvalue weighted by Gasteiger charge is -2.17. The number of thioether (sulfide) groups is 1. The van der Waals surface area contributed by atoms with E-state index in [1.165, 1.54) is 11.8 Å². The fraction of sp³-hybridized carbons (Fsp3) is 0.600. The summed E-state index contributed by atoms with van der Waals surface area (Å²) in [6.45, 7) is 4.01. The highest BCUT2D eigenvalue weighted by atomic mass is 32.2. The summed E-state index contributed by atoms with van der Waals surface area (Å²) in [7, 11) is -0.951. The first-order valence-electron chi connectivity index (χ1n) is 7.01. The Morgan fingerprint density at radius 2 is 1.86 bits per heavy atom. The molecule has 0 fully saturated rings. The van der Waals surface area contributed by atoms with Crippen LogP contribution >= 0.6 is 11.8 Å². The third-order valence-corrected chi connectivity index (χ3v) is 5.15. The molecule has 0 saturated heterocycles. The maximum Gasteiger partial charge on any atom is 0.148 e. The molecule has 1 N–H and O–H groups in total. The van der Waals surface area contributed by atoms with Gasteiger partial charge in [-0.2, -0.15) is 11.8 Å². The van der Waals surface area contributed by atoms with Crippen LogP contribution < -0.4 is 10.1 Å². The van der Waals surface area contributed by atoms with E-state index >= 15 is 0 Å². The second-order valence-electron chi connectivity index (χ2n) is 5.28. The summed E-state index contributed by atoms with van der Waals surface area (Å²) < 4.78 is 27.8. The summed E-state index contributed by atoms with van der Waals surface area (Å²) in [6, 6.07) is 8.26. The van der Waals surface area contributed by atoms with E-state index in [0.29, 0.717) is 5.75 Å². The van der Waals surface area contributed by atoms with Crippen LogP contribution in [0.1, 0.15) is 25.5 Å². The molecule has 0 aliphatic heterocycles. The molecule has 0 amide bonds. The number of ether oxygens (including phenoxy) is 1. The first kappa shape index (κ1) is 18.3. The van der Waals surface area contributed by atoms with E-state index < -0.39 is 9.84 Å². The SMILES string of the molecule is CNC(CSCCS(C)(=O)=O)c1ccc(OC(C)C)cc1. The molecule has 0 bridgehead atoms. The Labute approximate surface area is 132 Å². The molecule has 0 radical (unpaired) electrons. The van der Waals surface area contributed by atoms with Crippen LogP contribution in [0, 0.1) is 0 Å². The molecule has 0 aliphatic rings. The van der Waals surface area contributed by atoms with Gasteiger partial charge in [-0.05, 0) is 38.6 Å². The standard InChI is InChI=1S/C15H25NO3S2/c1-12(2)19-14-7-5-13(6-8-14)15(16-3)11-20-9-10-21(4,17)18/h5-8,12,15-16H,9-11H2,1-4H3. The lowest BCUT2D eigenvalue weighted by Crippen LogP contribution is -2.19. The normalized spacial score (nSPS) is 13.4. The predicted molar refractivity (Wildman–Crippen MR) is 91.0 cm³/mol. The zero-order chi connectivity index (χ0) is 15.9. The van der Waals surface area contributed by atoms with E-state index in [9.17, 15) is 8.42 Å². The van der Waals surface area contributed by atoms with Crippen LogP contribution in [0.4, 0.5) is 0 Å². The van der Waals surface area contributed by atoms with Gasteiger partial charge < -0.3 is 10.1 Å². The smallest absolute Gasteiger partial charge is 0.148 e. The van der Waals surface area contributed by atoms with Crippen molar-refractivity contribution in [1.29, 1.82) is 0 Å². The van der Waals surface area contributed by atoms with Crippen LogP contribution in [-0.4, -0.2) is 45.1 Å². The van der Waals surface area contributed by atoms with Crippen LogP contribution in [0.5, 0.6) is 5.75 Å². The third kappa shape index (κ3) is 7.74. The topological polar surface area (TPSA) is 55.4 Å². The highest BCUT2D eigenvalue weighted by Gasteiger charge is 2.10. The molecule has 0 heterocycles. The van der Waals surface area contributed by atoms with Crippen molar-refractivity contribution in [3.63, 3.8) is 0 Å². The van der Waals surface area contributed by atoms with Gasteiger partial charge in [0.15, 0.2) is 0 Å². The van der Waals surface area contributed by atoms with Gasteiger partial charge in [0.25, 0.3) is 0 Å². The first-order valence-corrected chi connectivity index (χ1v) is 10.2. The predicted octanol–water partition coefficient (Wildman–Crippen LogP) is 2.51. The van der Waals surface area contributed by atoms with Gasteiger partial charge in [-0.1, -0.05) is 12.1 Å². The second-order valence-corrected chi connectivity index (χ2v) is 8.69. The van der Waals surface area contributed by atoms with E-state index in [4.69, 9.17) is 4.74 Å². The van der Waals surface area contributed by atoms with E-state index in [0.717, 1.165) is 11.5 Å². The molecule has 0 saturated carbocycles. The van der Waals surface area contributed by atoms with E-state index in [1.54, 1.807) is 11.8 Å². The minimum Gasteiger partial charge on any atom is -0.491 e. The molecule has 1 atom stereocenters. The summed E-state index contributed by atoms with van der Waals surface area (Å²) in [5.41, 5.74) is 1.18. The zero-order valence-corrected chi connectivity index (χ0v) is 14.8. The van der Waals surface area contributed by atoms with Crippen molar-refractivity contribution < 1.29 is 13.2 Å². The van der Waals surface area contributed by atoms with E-state index in [2.05, 4.69) is 17.4 Å². The number of nitrogens with one attached hydrogen (secondary N) is 1. The molecule has 6 heteroatoms. The van der Waals surface area contributed by atoms with Crippen molar-refractivity contribution in [2.75, 3.05) is 30.6 Å². The van der Waals surface area contributed by atoms with Crippen LogP contribution in [0.15, 0.2) is 24.3 Å². The second kappa shape index (κ2) is 8.66. The van der Waals surface area contributed by atoms with Crippen molar-refractivity contribution in [2.45, 2.75) is 26.0 Å². The Bertz CT molecular complexity index is 512. The molecule has 0 spiro atoms. The average molecular weight is 332 g/mol. The Balaban J connectivity index is 2.51. The number of benzene rings is 1. The fourth-order valence-corrected chi connectivity index (χ4v) is 4.25. The van der Waals surface area contributed by atoms with Crippen molar-refractivity contribution in [3.05, 3.63) is 29.8 Å². The van der Waals surface area contributed by atoms with Gasteiger partial charge in [0.2, 0.25) is 0 Å². The van der Waals surface area contributed by atoms with Gasteiger partial charge >= 0.3 is 0 Å². The Morgan fingerprint density at radius 3 is 2.33 bits per heavy atom. The van der Waals surface area contributed by atoms with Crippen molar-refractivity contribution in [3.8, 4) is 5.75 Å². The number of hydrogen-bond donors (Lipinski definition) is 1. The fourth-order valence-electron chi connectivity index (χ4n) is 1.81. The molecule has 21 heavy (non-hydrogen) atoms. The average Bonchev–Trinajstić information content (AvgIpc) is 2.38. The molecule has 1 unspecified atom stereocenters. The van der Waals surface area contributed by atoms with Crippen LogP contribution in [0.25, 0.3) is 0 Å². The van der Waals surface area contributed by atoms with E-state index in [1.807, 2.05) is 33.0 Å². The zero-order valence-electron chi connectivity index (χ0n) is 13.1. The highest BCUT2D eigenvalue weighted by molar-refractivity contribution is 8.00. The van der Waals surface area contributed by atoms with Crippen LogP contribution in [-0.2, 0) is 9.84 Å². The summed E-state index contributed by atoms with van der Waals surface area (Å²) >= 11 is 1.65. The first-order chi connectivity index (χ1) is 9.81. The Hall–Kier alpha value is -0.720. The number of sulfone groups is 1. The van der Waals surface area contributed by atoms with Gasteiger partial charge in [0, 0.05) is 23.8 Å². The molecule has 4 nitrogen and oxygen atoms in total. The molecule has 1 aromatic rings. The summed E-state index contributed by atoms with van der Waals surface area (Å²) in [5.74, 6) is 2.57. The van der Waals surface area contributed by atoms with Crippen molar-refractivity contribution in [1.82, 2.24) is 5.32 Å². The monoisotopic (exact) mass is 331 g/mol. The minimum absolute atomic E-state index is 0.169. The maximum atomic E-state index is 11.1. The quantitative estimate of drug-likeness (QED) is 0.705. The maximum absolute atomic E-state index is 11.1. The Kier molecular flexibility index (Phi) is 7.56. The minimum atomic E-state index is -2.87. The molecule has 1 rings (SSSR count). The van der Waals surface area contributed by atoms with Gasteiger partial charge in [0.05, 0.1) is 11.9 Å². The molecule has 120 valence electrons. The molecular weight excluding hydrogens is 306 g/mol. The third-order valence-electron chi connectivity index (χ3n) is 2.89. The molecule has 0 aliphatic carbocycles. The molecular formula is C15H25NO3S2. The summed E-state index contributed by atoms with van der Waals surface area (Å²) in [6.07, 6.45) is 1.44. The number of hydrogen-bond acceptors (Lipinski definition) is 5. The summed E-state index contributed by atoms with van der Waals surface area (Å²) in [5, 5.41) is 3.27. The van der Waals surface area contributed by atoms with Crippen LogP contribution in [0.3, 0.4) is 0 Å². The number of rotatable bonds is 9. The van der Waals surface area contributed by atoms with E-state index in [-0.39, 0.29) is 17.9 Å². The lowest BCUT2D eigenvalue weighted by molar-refractivity contribution is 0.242. The molecule has 1 aromatic carbocycles. The van der Waals surface area contributed by atoms with Gasteiger partial charge in [-0.25, -0.2) is 8.42 Å². The van der Waals surface area contributed by atoms with Crippen molar-refractivity contribution in [2.24, 2.45) is 0 Å². The van der Waals surface area contributed by atoms with Crippen LogP contribution in [0.2, 0.25) is 0 Å². The largest absolute Gasteiger partial charge is 0.491 e. The van der Waals surface area contributed by atoms with Gasteiger partial charge in [-0.15, -0.1) is 0 Å².